The van der Waals surface area contributed by atoms with Crippen LogP contribution >= 0.6 is 11.6 Å². The Bertz CT molecular complexity index is 772. The van der Waals surface area contributed by atoms with Crippen LogP contribution in [0, 0.1) is 0 Å². The van der Waals surface area contributed by atoms with Crippen LogP contribution in [0.15, 0.2) is 47.3 Å². The number of benzene rings is 1. The highest BCUT2D eigenvalue weighted by Gasteiger charge is 2.12. The van der Waals surface area contributed by atoms with Gasteiger partial charge < -0.3 is 5.73 Å². The number of nitrogen functional groups attached to an aromatic ring is 1. The van der Waals surface area contributed by atoms with Gasteiger partial charge in [0.1, 0.15) is 5.82 Å². The fraction of sp³-hybridized carbons (Fsp3) is 0.133. The van der Waals surface area contributed by atoms with Crippen LogP contribution in [-0.2, 0) is 0 Å². The molecule has 1 aromatic carbocycles. The van der Waals surface area contributed by atoms with E-state index in [0.29, 0.717) is 16.2 Å². The molecule has 0 saturated heterocycles. The van der Waals surface area contributed by atoms with Gasteiger partial charge in [0.05, 0.1) is 10.4 Å². The molecule has 0 unspecified atom stereocenters. The van der Waals surface area contributed by atoms with Crippen molar-refractivity contribution in [1.29, 1.82) is 0 Å². The zero-order valence-corrected chi connectivity index (χ0v) is 11.0. The van der Waals surface area contributed by atoms with Crippen molar-refractivity contribution >= 4 is 33.9 Å². The van der Waals surface area contributed by atoms with E-state index in [1.54, 1.807) is 12.1 Å². The lowest BCUT2D eigenvalue weighted by atomic mass is 10.1. The third kappa shape index (κ3) is 1.96. The molecule has 0 amide bonds. The maximum atomic E-state index is 12.6. The number of aromatic nitrogens is 1. The molecule has 1 aliphatic carbocycles. The van der Waals surface area contributed by atoms with Crippen LogP contribution in [0.3, 0.4) is 0 Å². The van der Waals surface area contributed by atoms with Crippen molar-refractivity contribution in [3.8, 4) is 0 Å². The Kier molecular flexibility index (Phi) is 2.91. The number of pyridine rings is 1. The maximum Gasteiger partial charge on any atom is 0.266 e. The lowest BCUT2D eigenvalue weighted by Crippen LogP contribution is -2.22. The molecule has 1 aromatic heterocycles. The maximum absolute atomic E-state index is 12.6. The van der Waals surface area contributed by atoms with Gasteiger partial charge in [0.2, 0.25) is 0 Å². The van der Waals surface area contributed by atoms with Gasteiger partial charge in [-0.25, -0.2) is 0 Å². The van der Waals surface area contributed by atoms with Crippen LogP contribution in [0.2, 0.25) is 5.02 Å². The van der Waals surface area contributed by atoms with Crippen molar-refractivity contribution in [2.75, 3.05) is 5.73 Å². The molecular weight excluding hydrogens is 260 g/mol. The zero-order valence-electron chi connectivity index (χ0n) is 10.3. The summed E-state index contributed by atoms with van der Waals surface area (Å²) in [7, 11) is 0. The van der Waals surface area contributed by atoms with Crippen molar-refractivity contribution in [1.82, 2.24) is 4.57 Å². The Morgan fingerprint density at radius 2 is 2.11 bits per heavy atom. The van der Waals surface area contributed by atoms with Crippen LogP contribution in [0.4, 0.5) is 5.82 Å². The smallest absolute Gasteiger partial charge is 0.266 e. The summed E-state index contributed by atoms with van der Waals surface area (Å²) < 4.78 is 1.52. The third-order valence-corrected chi connectivity index (χ3v) is 3.57. The van der Waals surface area contributed by atoms with Gasteiger partial charge >= 0.3 is 0 Å². The predicted molar refractivity (Wildman–Crippen MR) is 80.3 cm³/mol. The van der Waals surface area contributed by atoms with Gasteiger partial charge in [-0.05, 0) is 36.4 Å². The van der Waals surface area contributed by atoms with Gasteiger partial charge in [-0.3, -0.25) is 9.36 Å². The molecule has 0 fully saturated rings. The molecule has 3 nitrogen and oxygen atoms in total. The van der Waals surface area contributed by atoms with Crippen LogP contribution < -0.4 is 11.3 Å². The summed E-state index contributed by atoms with van der Waals surface area (Å²) in [4.78, 5) is 12.6. The molecule has 96 valence electrons. The van der Waals surface area contributed by atoms with Gasteiger partial charge in [-0.1, -0.05) is 35.9 Å². The number of hydrogen-bond donors (Lipinski definition) is 1. The normalized spacial score (nSPS) is 14.7. The minimum absolute atomic E-state index is 0.168. The Hall–Kier alpha value is -2.00. The van der Waals surface area contributed by atoms with E-state index in [1.165, 1.54) is 4.57 Å². The van der Waals surface area contributed by atoms with Crippen LogP contribution in [0.1, 0.15) is 12.8 Å². The predicted octanol–water partition coefficient (Wildman–Crippen LogP) is 3.43. The highest BCUT2D eigenvalue weighted by atomic mass is 35.5. The fourth-order valence-corrected chi connectivity index (χ4v) is 2.63. The van der Waals surface area contributed by atoms with Gasteiger partial charge in [0.15, 0.2) is 0 Å². The second kappa shape index (κ2) is 4.59. The summed E-state index contributed by atoms with van der Waals surface area (Å²) in [5.74, 6) is 0.428. The minimum Gasteiger partial charge on any atom is -0.385 e. The van der Waals surface area contributed by atoms with Crippen LogP contribution in [0.25, 0.3) is 16.5 Å². The topological polar surface area (TPSA) is 48.0 Å². The molecule has 0 radical (unpaired) electrons. The molecule has 0 aliphatic heterocycles. The molecule has 0 bridgehead atoms. The summed E-state index contributed by atoms with van der Waals surface area (Å²) in [5, 5.41) is 1.74. The van der Waals surface area contributed by atoms with Crippen molar-refractivity contribution < 1.29 is 0 Å². The number of allylic oxidation sites excluding steroid dienone is 4. The van der Waals surface area contributed by atoms with E-state index in [-0.39, 0.29) is 5.56 Å². The summed E-state index contributed by atoms with van der Waals surface area (Å²) >= 11 is 6.13. The quantitative estimate of drug-likeness (QED) is 0.865. The standard InChI is InChI=1S/C15H13ClN2O/c16-12-8-4-5-10-9-13(17)18(15(19)14(10)12)11-6-2-1-3-7-11/h2,4-9H,1,3,17H2. The van der Waals surface area contributed by atoms with Crippen LogP contribution in [-0.4, -0.2) is 4.57 Å². The summed E-state index contributed by atoms with van der Waals surface area (Å²) in [6.45, 7) is 0. The van der Waals surface area contributed by atoms with E-state index in [1.807, 2.05) is 30.4 Å². The number of hydrogen-bond acceptors (Lipinski definition) is 2. The average molecular weight is 273 g/mol. The van der Waals surface area contributed by atoms with E-state index in [0.717, 1.165) is 23.9 Å². The van der Waals surface area contributed by atoms with Gasteiger partial charge in [0, 0.05) is 5.70 Å². The van der Waals surface area contributed by atoms with Gasteiger partial charge in [0.25, 0.3) is 5.56 Å². The summed E-state index contributed by atoms with van der Waals surface area (Å²) in [5.41, 5.74) is 6.66. The van der Waals surface area contributed by atoms with E-state index in [4.69, 9.17) is 17.3 Å². The van der Waals surface area contributed by atoms with Crippen molar-refractivity contribution in [3.63, 3.8) is 0 Å². The van der Waals surface area contributed by atoms with Crippen molar-refractivity contribution in [2.45, 2.75) is 12.8 Å². The zero-order chi connectivity index (χ0) is 13.4. The van der Waals surface area contributed by atoms with Gasteiger partial charge in [-0.2, -0.15) is 0 Å². The highest BCUT2D eigenvalue weighted by molar-refractivity contribution is 6.35. The first-order valence-electron chi connectivity index (χ1n) is 6.15. The number of anilines is 1. The Morgan fingerprint density at radius 1 is 1.26 bits per heavy atom. The molecule has 2 N–H and O–H groups in total. The molecule has 0 spiro atoms. The molecule has 0 saturated carbocycles. The second-order valence-corrected chi connectivity index (χ2v) is 4.93. The number of nitrogens with two attached hydrogens (primary N) is 1. The van der Waals surface area contributed by atoms with Crippen LogP contribution in [0.5, 0.6) is 0 Å². The number of halogens is 1. The summed E-state index contributed by atoms with van der Waals surface area (Å²) in [6, 6.07) is 7.16. The van der Waals surface area contributed by atoms with Gasteiger partial charge in [-0.15, -0.1) is 0 Å². The molecule has 4 heteroatoms. The van der Waals surface area contributed by atoms with E-state index < -0.39 is 0 Å². The molecule has 1 heterocycles. The first kappa shape index (κ1) is 12.1. The lowest BCUT2D eigenvalue weighted by molar-refractivity contribution is 0.985. The monoisotopic (exact) mass is 272 g/mol. The first-order chi connectivity index (χ1) is 9.18. The lowest BCUT2D eigenvalue weighted by Gasteiger charge is -2.14. The minimum atomic E-state index is -0.168. The molecule has 3 rings (SSSR count). The summed E-state index contributed by atoms with van der Waals surface area (Å²) in [6.07, 6.45) is 7.88. The third-order valence-electron chi connectivity index (χ3n) is 3.26. The molecule has 0 atom stereocenters. The molecule has 19 heavy (non-hydrogen) atoms. The second-order valence-electron chi connectivity index (χ2n) is 4.52. The average Bonchev–Trinajstić information content (AvgIpc) is 2.39. The molecular formula is C15H13ClN2O. The SMILES string of the molecule is Nc1cc2cccc(Cl)c2c(=O)n1C1=CCCC=C1. The van der Waals surface area contributed by atoms with Crippen molar-refractivity contribution in [2.24, 2.45) is 0 Å². The Balaban J connectivity index is 2.37. The number of rotatable bonds is 1. The number of nitrogens with zero attached hydrogens (tertiary/aromatic N) is 1. The largest absolute Gasteiger partial charge is 0.385 e. The van der Waals surface area contributed by atoms with E-state index in [2.05, 4.69) is 0 Å². The first-order valence-corrected chi connectivity index (χ1v) is 6.53. The molecule has 2 aromatic rings. The molecule has 1 aliphatic rings. The Labute approximate surface area is 115 Å². The van der Waals surface area contributed by atoms with E-state index >= 15 is 0 Å². The fourth-order valence-electron chi connectivity index (χ4n) is 2.37. The van der Waals surface area contributed by atoms with Crippen molar-refractivity contribution in [3.05, 3.63) is 57.9 Å². The highest BCUT2D eigenvalue weighted by Crippen LogP contribution is 2.24. The number of fused-ring (bicyclic) bond motifs is 1. The Morgan fingerprint density at radius 3 is 2.84 bits per heavy atom. The van der Waals surface area contributed by atoms with E-state index in [9.17, 15) is 4.79 Å².